The van der Waals surface area contributed by atoms with Gasteiger partial charge in [-0.2, -0.15) is 11.8 Å². The Hall–Kier alpha value is -1.23. The molecule has 1 heterocycles. The lowest BCUT2D eigenvalue weighted by Crippen LogP contribution is -2.26. The van der Waals surface area contributed by atoms with Crippen LogP contribution in [0.5, 0.6) is 0 Å². The van der Waals surface area contributed by atoms with E-state index in [-0.39, 0.29) is 5.91 Å². The number of hydrogen-bond acceptors (Lipinski definition) is 4. The van der Waals surface area contributed by atoms with Gasteiger partial charge < -0.3 is 10.6 Å². The van der Waals surface area contributed by atoms with E-state index in [1.165, 1.54) is 0 Å². The van der Waals surface area contributed by atoms with Gasteiger partial charge in [-0.3, -0.25) is 4.79 Å². The molecule has 1 aromatic rings. The number of nitrogens with zero attached hydrogens (tertiary/aromatic N) is 1. The molecule has 0 spiro atoms. The van der Waals surface area contributed by atoms with Gasteiger partial charge in [0.05, 0.1) is 5.56 Å². The highest BCUT2D eigenvalue weighted by Crippen LogP contribution is 2.10. The summed E-state index contributed by atoms with van der Waals surface area (Å²) in [5.41, 5.74) is 0.610. The van der Waals surface area contributed by atoms with Crippen molar-refractivity contribution >= 4 is 23.5 Å². The van der Waals surface area contributed by atoms with Crippen LogP contribution >= 0.6 is 11.8 Å². The monoisotopic (exact) mass is 253 g/mol. The van der Waals surface area contributed by atoms with Gasteiger partial charge in [0.2, 0.25) is 0 Å². The van der Waals surface area contributed by atoms with Gasteiger partial charge in [0.15, 0.2) is 0 Å². The van der Waals surface area contributed by atoms with Crippen LogP contribution in [0.15, 0.2) is 18.3 Å². The Labute approximate surface area is 107 Å². The van der Waals surface area contributed by atoms with Crippen molar-refractivity contribution in [2.75, 3.05) is 30.4 Å². The molecule has 0 radical (unpaired) electrons. The van der Waals surface area contributed by atoms with Crippen LogP contribution < -0.4 is 10.6 Å². The largest absolute Gasteiger partial charge is 0.370 e. The lowest BCUT2D eigenvalue weighted by atomic mass is 10.2. The summed E-state index contributed by atoms with van der Waals surface area (Å²) in [4.78, 5) is 16.1. The highest BCUT2D eigenvalue weighted by Gasteiger charge is 2.10. The van der Waals surface area contributed by atoms with E-state index in [4.69, 9.17) is 0 Å². The molecule has 4 nitrogen and oxygen atoms in total. The Morgan fingerprint density at radius 1 is 1.53 bits per heavy atom. The zero-order valence-electron chi connectivity index (χ0n) is 10.3. The van der Waals surface area contributed by atoms with Crippen molar-refractivity contribution in [2.24, 2.45) is 0 Å². The maximum absolute atomic E-state index is 11.9. The molecular weight excluding hydrogens is 234 g/mol. The Balaban J connectivity index is 2.55. The van der Waals surface area contributed by atoms with E-state index in [1.807, 2.05) is 6.92 Å². The fraction of sp³-hybridized carbons (Fsp3) is 0.500. The van der Waals surface area contributed by atoms with E-state index in [9.17, 15) is 4.79 Å². The Morgan fingerprint density at radius 2 is 2.35 bits per heavy atom. The lowest BCUT2D eigenvalue weighted by Gasteiger charge is -2.09. The van der Waals surface area contributed by atoms with Crippen molar-refractivity contribution in [3.63, 3.8) is 0 Å². The van der Waals surface area contributed by atoms with Crippen LogP contribution in [0.2, 0.25) is 0 Å². The summed E-state index contributed by atoms with van der Waals surface area (Å²) in [7, 11) is 0. The van der Waals surface area contributed by atoms with Crippen LogP contribution in [0.1, 0.15) is 23.7 Å². The Morgan fingerprint density at radius 3 is 3.06 bits per heavy atom. The first-order valence-electron chi connectivity index (χ1n) is 5.75. The van der Waals surface area contributed by atoms with Crippen LogP contribution in [0.3, 0.4) is 0 Å². The molecule has 2 N–H and O–H groups in total. The van der Waals surface area contributed by atoms with Crippen LogP contribution in [0, 0.1) is 0 Å². The number of rotatable bonds is 7. The summed E-state index contributed by atoms with van der Waals surface area (Å²) < 4.78 is 0. The van der Waals surface area contributed by atoms with Crippen molar-refractivity contribution in [3.05, 3.63) is 23.9 Å². The second-order valence-electron chi connectivity index (χ2n) is 3.53. The van der Waals surface area contributed by atoms with Gasteiger partial charge in [-0.05, 0) is 37.5 Å². The fourth-order valence-corrected chi connectivity index (χ4v) is 1.84. The molecule has 1 amide bonds. The van der Waals surface area contributed by atoms with Crippen LogP contribution in [0.25, 0.3) is 0 Å². The average molecular weight is 253 g/mol. The summed E-state index contributed by atoms with van der Waals surface area (Å²) in [6.07, 6.45) is 4.73. The first-order valence-corrected chi connectivity index (χ1v) is 7.15. The van der Waals surface area contributed by atoms with E-state index in [0.717, 1.165) is 18.7 Å². The van der Waals surface area contributed by atoms with Crippen molar-refractivity contribution < 1.29 is 4.79 Å². The normalized spacial score (nSPS) is 10.0. The second-order valence-corrected chi connectivity index (χ2v) is 4.52. The highest BCUT2D eigenvalue weighted by atomic mass is 32.2. The third-order valence-corrected chi connectivity index (χ3v) is 2.90. The first-order chi connectivity index (χ1) is 8.29. The summed E-state index contributed by atoms with van der Waals surface area (Å²) in [6.45, 7) is 3.44. The molecule has 0 aromatic carbocycles. The SMILES string of the molecule is CCNc1ncccc1C(=O)NCCCSC. The molecule has 0 aliphatic rings. The molecule has 0 saturated heterocycles. The number of carbonyl (C=O) groups is 1. The van der Waals surface area contributed by atoms with E-state index >= 15 is 0 Å². The molecule has 0 aliphatic heterocycles. The maximum atomic E-state index is 11.9. The third kappa shape index (κ3) is 4.65. The Bertz CT molecular complexity index is 357. The average Bonchev–Trinajstić information content (AvgIpc) is 2.35. The van der Waals surface area contributed by atoms with Gasteiger partial charge in [-0.25, -0.2) is 4.98 Å². The van der Waals surface area contributed by atoms with E-state index < -0.39 is 0 Å². The lowest BCUT2D eigenvalue weighted by molar-refractivity contribution is 0.0954. The third-order valence-electron chi connectivity index (χ3n) is 2.21. The smallest absolute Gasteiger partial charge is 0.255 e. The summed E-state index contributed by atoms with van der Waals surface area (Å²) in [5, 5.41) is 5.98. The maximum Gasteiger partial charge on any atom is 0.255 e. The van der Waals surface area contributed by atoms with E-state index in [0.29, 0.717) is 17.9 Å². The molecule has 0 saturated carbocycles. The number of pyridine rings is 1. The molecule has 0 unspecified atom stereocenters. The molecule has 1 rings (SSSR count). The van der Waals surface area contributed by atoms with Gasteiger partial charge in [-0.1, -0.05) is 0 Å². The summed E-state index contributed by atoms with van der Waals surface area (Å²) in [6, 6.07) is 3.56. The number of carbonyl (C=O) groups excluding carboxylic acids is 1. The van der Waals surface area contributed by atoms with Crippen LogP contribution in [0.4, 0.5) is 5.82 Å². The molecule has 1 aromatic heterocycles. The fourth-order valence-electron chi connectivity index (χ4n) is 1.41. The van der Waals surface area contributed by atoms with Gasteiger partial charge in [0, 0.05) is 19.3 Å². The van der Waals surface area contributed by atoms with Gasteiger partial charge in [0.1, 0.15) is 5.82 Å². The second kappa shape index (κ2) is 7.95. The van der Waals surface area contributed by atoms with E-state index in [2.05, 4.69) is 21.9 Å². The molecule has 0 bridgehead atoms. The molecule has 94 valence electrons. The van der Waals surface area contributed by atoms with Gasteiger partial charge in [-0.15, -0.1) is 0 Å². The number of amides is 1. The van der Waals surface area contributed by atoms with E-state index in [1.54, 1.807) is 30.1 Å². The molecule has 5 heteroatoms. The number of anilines is 1. The van der Waals surface area contributed by atoms with Crippen molar-refractivity contribution in [1.29, 1.82) is 0 Å². The summed E-state index contributed by atoms with van der Waals surface area (Å²) in [5.74, 6) is 1.65. The van der Waals surface area contributed by atoms with Gasteiger partial charge >= 0.3 is 0 Å². The number of nitrogens with one attached hydrogen (secondary N) is 2. The molecule has 0 fully saturated rings. The predicted molar refractivity (Wildman–Crippen MR) is 73.7 cm³/mol. The predicted octanol–water partition coefficient (Wildman–Crippen LogP) is 2.00. The zero-order chi connectivity index (χ0) is 12.5. The Kier molecular flexibility index (Phi) is 6.47. The zero-order valence-corrected chi connectivity index (χ0v) is 11.1. The quantitative estimate of drug-likeness (QED) is 0.730. The summed E-state index contributed by atoms with van der Waals surface area (Å²) >= 11 is 1.78. The van der Waals surface area contributed by atoms with Crippen molar-refractivity contribution in [2.45, 2.75) is 13.3 Å². The van der Waals surface area contributed by atoms with Crippen LogP contribution in [-0.4, -0.2) is 36.0 Å². The molecular formula is C12H19N3OS. The minimum absolute atomic E-state index is 0.0600. The highest BCUT2D eigenvalue weighted by molar-refractivity contribution is 7.98. The van der Waals surface area contributed by atoms with Gasteiger partial charge in [0.25, 0.3) is 5.91 Å². The standard InChI is InChI=1S/C12H19N3OS/c1-3-13-11-10(6-4-7-14-11)12(16)15-8-5-9-17-2/h4,6-7H,3,5,8-9H2,1-2H3,(H,13,14)(H,15,16). The number of aromatic nitrogens is 1. The molecule has 0 atom stereocenters. The first kappa shape index (κ1) is 13.8. The minimum atomic E-state index is -0.0600. The number of hydrogen-bond donors (Lipinski definition) is 2. The molecule has 17 heavy (non-hydrogen) atoms. The minimum Gasteiger partial charge on any atom is -0.370 e. The van der Waals surface area contributed by atoms with Crippen molar-refractivity contribution in [3.8, 4) is 0 Å². The van der Waals surface area contributed by atoms with Crippen LogP contribution in [-0.2, 0) is 0 Å². The number of thioether (sulfide) groups is 1. The molecule has 0 aliphatic carbocycles. The topological polar surface area (TPSA) is 54.0 Å². The van der Waals surface area contributed by atoms with Crippen molar-refractivity contribution in [1.82, 2.24) is 10.3 Å².